The average molecular weight is 412 g/mol. The van der Waals surface area contributed by atoms with Crippen LogP contribution in [0.5, 0.6) is 0 Å². The molecule has 0 aliphatic carbocycles. The fourth-order valence-corrected chi connectivity index (χ4v) is 3.53. The number of hydrogen-bond acceptors (Lipinski definition) is 3. The Morgan fingerprint density at radius 2 is 2.04 bits per heavy atom. The zero-order valence-corrected chi connectivity index (χ0v) is 15.5. The molecule has 1 aromatic rings. The third-order valence-electron chi connectivity index (χ3n) is 4.16. The van der Waals surface area contributed by atoms with Crippen LogP contribution in [0.3, 0.4) is 0 Å². The summed E-state index contributed by atoms with van der Waals surface area (Å²) >= 11 is 12.1. The Balaban J connectivity index is 2.23. The van der Waals surface area contributed by atoms with Crippen molar-refractivity contribution in [2.45, 2.75) is 43.8 Å². The van der Waals surface area contributed by atoms with Gasteiger partial charge in [0.2, 0.25) is 5.91 Å². The standard InChI is InChI=1S/C17H18Cl2F3NO3/c1-2-26-16(25)13-5-3-4-8-23(13)15(24)14(19)11-7-6-10(9-12(11)18)17(20,21)22/h6-7,9,13-14H,2-5,8H2,1H3. The lowest BCUT2D eigenvalue weighted by Crippen LogP contribution is -2.49. The number of carbonyl (C=O) groups excluding carboxylic acids is 2. The molecular formula is C17H18Cl2F3NO3. The number of amides is 1. The number of carbonyl (C=O) groups is 2. The van der Waals surface area contributed by atoms with Crippen LogP contribution in [0.2, 0.25) is 5.02 Å². The third-order valence-corrected chi connectivity index (χ3v) is 4.91. The number of hydrogen-bond donors (Lipinski definition) is 0. The monoisotopic (exact) mass is 411 g/mol. The predicted octanol–water partition coefficient (Wildman–Crippen LogP) is 4.58. The molecule has 2 rings (SSSR count). The summed E-state index contributed by atoms with van der Waals surface area (Å²) in [6.07, 6.45) is -2.63. The second kappa shape index (κ2) is 8.48. The lowest BCUT2D eigenvalue weighted by Gasteiger charge is -2.35. The van der Waals surface area contributed by atoms with E-state index in [1.807, 2.05) is 0 Å². The van der Waals surface area contributed by atoms with Gasteiger partial charge in [-0.25, -0.2) is 4.79 Å². The molecule has 0 bridgehead atoms. The van der Waals surface area contributed by atoms with E-state index in [0.717, 1.165) is 24.6 Å². The van der Waals surface area contributed by atoms with E-state index in [-0.39, 0.29) is 17.2 Å². The van der Waals surface area contributed by atoms with Gasteiger partial charge in [-0.2, -0.15) is 13.2 Å². The Morgan fingerprint density at radius 1 is 1.35 bits per heavy atom. The van der Waals surface area contributed by atoms with Gasteiger partial charge in [0.25, 0.3) is 0 Å². The highest BCUT2D eigenvalue weighted by Crippen LogP contribution is 2.36. The van der Waals surface area contributed by atoms with Gasteiger partial charge in [-0.05, 0) is 43.9 Å². The minimum atomic E-state index is -4.55. The summed E-state index contributed by atoms with van der Waals surface area (Å²) in [5, 5.41) is -1.54. The van der Waals surface area contributed by atoms with E-state index in [1.54, 1.807) is 6.92 Å². The fourth-order valence-electron chi connectivity index (χ4n) is 2.87. The van der Waals surface area contributed by atoms with Crippen molar-refractivity contribution in [1.29, 1.82) is 0 Å². The summed E-state index contributed by atoms with van der Waals surface area (Å²) in [4.78, 5) is 26.2. The fraction of sp³-hybridized carbons (Fsp3) is 0.529. The molecule has 1 aliphatic rings. The molecule has 0 aromatic heterocycles. The summed E-state index contributed by atoms with van der Waals surface area (Å²) in [5.74, 6) is -1.09. The van der Waals surface area contributed by atoms with Gasteiger partial charge in [0.05, 0.1) is 12.2 Å². The average Bonchev–Trinajstić information content (AvgIpc) is 2.60. The topological polar surface area (TPSA) is 46.6 Å². The lowest BCUT2D eigenvalue weighted by atomic mass is 10.00. The molecule has 0 N–H and O–H groups in total. The number of rotatable bonds is 4. The van der Waals surface area contributed by atoms with Crippen molar-refractivity contribution in [1.82, 2.24) is 4.90 Å². The van der Waals surface area contributed by atoms with Gasteiger partial charge < -0.3 is 9.64 Å². The van der Waals surface area contributed by atoms with Crippen LogP contribution in [0, 0.1) is 0 Å². The molecule has 1 aromatic carbocycles. The van der Waals surface area contributed by atoms with Crippen molar-refractivity contribution >= 4 is 35.1 Å². The zero-order chi connectivity index (χ0) is 19.5. The molecule has 144 valence electrons. The smallest absolute Gasteiger partial charge is 0.416 e. The van der Waals surface area contributed by atoms with Crippen molar-refractivity contribution in [3.05, 3.63) is 34.3 Å². The zero-order valence-electron chi connectivity index (χ0n) is 14.0. The van der Waals surface area contributed by atoms with E-state index in [9.17, 15) is 22.8 Å². The highest BCUT2D eigenvalue weighted by Gasteiger charge is 2.37. The molecule has 26 heavy (non-hydrogen) atoms. The Labute approximate surface area is 159 Å². The number of esters is 1. The van der Waals surface area contributed by atoms with Crippen LogP contribution >= 0.6 is 23.2 Å². The molecule has 1 amide bonds. The Morgan fingerprint density at radius 3 is 2.62 bits per heavy atom. The second-order valence-electron chi connectivity index (χ2n) is 5.89. The number of likely N-dealkylation sites (tertiary alicyclic amines) is 1. The first-order chi connectivity index (χ1) is 12.2. The maximum atomic E-state index is 12.8. The quantitative estimate of drug-likeness (QED) is 0.537. The Kier molecular flexibility index (Phi) is 6.80. The van der Waals surface area contributed by atoms with Gasteiger partial charge in [-0.15, -0.1) is 11.6 Å². The summed E-state index contributed by atoms with van der Waals surface area (Å²) in [7, 11) is 0. The van der Waals surface area contributed by atoms with E-state index in [4.69, 9.17) is 27.9 Å². The van der Waals surface area contributed by atoms with Crippen molar-refractivity contribution < 1.29 is 27.5 Å². The summed E-state index contributed by atoms with van der Waals surface area (Å²) in [6.45, 7) is 2.18. The van der Waals surface area contributed by atoms with Crippen LogP contribution in [-0.2, 0) is 20.5 Å². The van der Waals surface area contributed by atoms with E-state index >= 15 is 0 Å². The highest BCUT2D eigenvalue weighted by atomic mass is 35.5. The Bertz CT molecular complexity index is 682. The minimum Gasteiger partial charge on any atom is -0.464 e. The molecule has 2 atom stereocenters. The first-order valence-corrected chi connectivity index (χ1v) is 8.96. The maximum Gasteiger partial charge on any atom is 0.416 e. The summed E-state index contributed by atoms with van der Waals surface area (Å²) < 4.78 is 43.2. The number of nitrogens with zero attached hydrogens (tertiary/aromatic N) is 1. The SMILES string of the molecule is CCOC(=O)C1CCCCN1C(=O)C(Cl)c1ccc(C(F)(F)F)cc1Cl. The van der Waals surface area contributed by atoms with Crippen LogP contribution < -0.4 is 0 Å². The second-order valence-corrected chi connectivity index (χ2v) is 6.74. The molecule has 1 heterocycles. The number of piperidine rings is 1. The first-order valence-electron chi connectivity index (χ1n) is 8.14. The Hall–Kier alpha value is -1.47. The molecule has 1 fully saturated rings. The number of benzene rings is 1. The van der Waals surface area contributed by atoms with Gasteiger partial charge in [0.1, 0.15) is 11.4 Å². The lowest BCUT2D eigenvalue weighted by molar-refractivity contribution is -0.156. The van der Waals surface area contributed by atoms with Gasteiger partial charge in [0.15, 0.2) is 0 Å². The number of halogens is 5. The molecule has 0 radical (unpaired) electrons. The van der Waals surface area contributed by atoms with Gasteiger partial charge in [0, 0.05) is 11.6 Å². The van der Waals surface area contributed by atoms with Crippen molar-refractivity contribution in [3.8, 4) is 0 Å². The van der Waals surface area contributed by atoms with Crippen LogP contribution in [0.25, 0.3) is 0 Å². The van der Waals surface area contributed by atoms with Crippen LogP contribution in [-0.4, -0.2) is 36.0 Å². The van der Waals surface area contributed by atoms with Gasteiger partial charge in [-0.1, -0.05) is 17.7 Å². The van der Waals surface area contributed by atoms with E-state index in [2.05, 4.69) is 0 Å². The largest absolute Gasteiger partial charge is 0.464 e. The van der Waals surface area contributed by atoms with E-state index in [1.165, 1.54) is 4.90 Å². The minimum absolute atomic E-state index is 0.0690. The molecule has 0 saturated carbocycles. The van der Waals surface area contributed by atoms with Gasteiger partial charge in [-0.3, -0.25) is 4.79 Å². The first kappa shape index (κ1) is 20.8. The molecule has 1 aliphatic heterocycles. The highest BCUT2D eigenvalue weighted by molar-refractivity contribution is 6.36. The van der Waals surface area contributed by atoms with Crippen LogP contribution in [0.1, 0.15) is 42.7 Å². The normalized spacial score (nSPS) is 19.2. The predicted molar refractivity (Wildman–Crippen MR) is 91.0 cm³/mol. The molecule has 1 saturated heterocycles. The number of alkyl halides is 4. The van der Waals surface area contributed by atoms with Gasteiger partial charge >= 0.3 is 12.1 Å². The van der Waals surface area contributed by atoms with E-state index < -0.39 is 35.0 Å². The number of ether oxygens (including phenoxy) is 1. The molecule has 9 heteroatoms. The van der Waals surface area contributed by atoms with Crippen LogP contribution in [0.4, 0.5) is 13.2 Å². The van der Waals surface area contributed by atoms with Crippen molar-refractivity contribution in [2.75, 3.05) is 13.2 Å². The molecule has 0 spiro atoms. The molecular weight excluding hydrogens is 394 g/mol. The van der Waals surface area contributed by atoms with Crippen LogP contribution in [0.15, 0.2) is 18.2 Å². The summed E-state index contributed by atoms with van der Waals surface area (Å²) in [5.41, 5.74) is -0.857. The van der Waals surface area contributed by atoms with Crippen molar-refractivity contribution in [2.24, 2.45) is 0 Å². The molecule has 4 nitrogen and oxygen atoms in total. The van der Waals surface area contributed by atoms with Crippen molar-refractivity contribution in [3.63, 3.8) is 0 Å². The van der Waals surface area contributed by atoms with E-state index in [0.29, 0.717) is 19.4 Å². The third kappa shape index (κ3) is 4.62. The summed E-state index contributed by atoms with van der Waals surface area (Å²) in [6, 6.07) is 1.90. The maximum absolute atomic E-state index is 12.8. The molecule has 2 unspecified atom stereocenters.